The zero-order chi connectivity index (χ0) is 37.9. The average molecular weight is 731 g/mol. The van der Waals surface area contributed by atoms with E-state index in [-0.39, 0.29) is 0 Å². The van der Waals surface area contributed by atoms with Crippen LogP contribution in [0.1, 0.15) is 198 Å². The lowest BCUT2D eigenvalue weighted by Crippen LogP contribution is -2.06. The van der Waals surface area contributed by atoms with Crippen LogP contribution in [0.3, 0.4) is 0 Å². The van der Waals surface area contributed by atoms with Gasteiger partial charge in [0.15, 0.2) is 0 Å². The van der Waals surface area contributed by atoms with Crippen LogP contribution in [0.15, 0.2) is 36.4 Å². The minimum Gasteiger partial charge on any atom is -0.493 e. The van der Waals surface area contributed by atoms with E-state index in [4.69, 9.17) is 18.9 Å². The van der Waals surface area contributed by atoms with Gasteiger partial charge in [-0.25, -0.2) is 0 Å². The molecule has 0 bridgehead atoms. The minimum atomic E-state index is 0.438. The van der Waals surface area contributed by atoms with Crippen LogP contribution >= 0.6 is 0 Å². The van der Waals surface area contributed by atoms with Crippen LogP contribution < -0.4 is 18.9 Å². The molecule has 2 aromatic rings. The lowest BCUT2D eigenvalue weighted by molar-refractivity contribution is 0.244. The van der Waals surface area contributed by atoms with Gasteiger partial charge >= 0.3 is 0 Å². The van der Waals surface area contributed by atoms with Crippen LogP contribution in [0.4, 0.5) is 0 Å². The number of nitriles is 2. The Morgan fingerprint density at radius 1 is 0.321 bits per heavy atom. The molecule has 2 rings (SSSR count). The fourth-order valence-corrected chi connectivity index (χ4v) is 6.66. The van der Waals surface area contributed by atoms with Crippen LogP contribution in [0.5, 0.6) is 23.0 Å². The molecule has 0 spiro atoms. The maximum atomic E-state index is 9.53. The number of ether oxygens (including phenoxy) is 4. The average Bonchev–Trinajstić information content (AvgIpc) is 3.17. The molecule has 0 aliphatic rings. The Hall–Kier alpha value is -3.38. The highest BCUT2D eigenvalue weighted by Gasteiger charge is 2.06. The number of nitrogens with zero attached hydrogens (tertiary/aromatic N) is 2. The van der Waals surface area contributed by atoms with Crippen LogP contribution in [0.2, 0.25) is 0 Å². The molecule has 0 fully saturated rings. The minimum absolute atomic E-state index is 0.438. The number of hydrogen-bond acceptors (Lipinski definition) is 6. The van der Waals surface area contributed by atoms with Gasteiger partial charge in [0.05, 0.1) is 49.7 Å². The maximum absolute atomic E-state index is 9.53. The highest BCUT2D eigenvalue weighted by molar-refractivity contribution is 5.44. The Morgan fingerprint density at radius 3 is 0.792 bits per heavy atom. The van der Waals surface area contributed by atoms with Gasteiger partial charge in [-0.1, -0.05) is 168 Å². The van der Waals surface area contributed by atoms with Crippen molar-refractivity contribution in [3.8, 4) is 35.1 Å². The molecular formula is C47H74N2O4. The maximum Gasteiger partial charge on any atom is 0.124 e. The third-order valence-electron chi connectivity index (χ3n) is 9.88. The molecular weight excluding hydrogens is 657 g/mol. The van der Waals surface area contributed by atoms with Crippen molar-refractivity contribution >= 4 is 0 Å². The summed E-state index contributed by atoms with van der Waals surface area (Å²) in [7, 11) is 0. The smallest absolute Gasteiger partial charge is 0.124 e. The molecule has 6 heteroatoms. The molecule has 0 aromatic heterocycles. The number of benzene rings is 2. The highest BCUT2D eigenvalue weighted by atomic mass is 16.5. The van der Waals surface area contributed by atoms with Gasteiger partial charge in [0, 0.05) is 18.6 Å². The molecule has 0 aliphatic heterocycles. The van der Waals surface area contributed by atoms with E-state index in [1.165, 1.54) is 154 Å². The first kappa shape index (κ1) is 45.8. The molecule has 0 N–H and O–H groups in total. The molecule has 0 saturated carbocycles. The Labute approximate surface area is 325 Å². The van der Waals surface area contributed by atoms with Crippen LogP contribution in [0.25, 0.3) is 0 Å². The molecule has 0 atom stereocenters. The monoisotopic (exact) mass is 731 g/mol. The summed E-state index contributed by atoms with van der Waals surface area (Å²) in [4.78, 5) is 0. The second kappa shape index (κ2) is 33.2. The van der Waals surface area contributed by atoms with Crippen molar-refractivity contribution < 1.29 is 18.9 Å². The summed E-state index contributed by atoms with van der Waals surface area (Å²) >= 11 is 0. The standard InChI is InChI=1S/C47H74N2O4/c1-3-5-7-9-11-13-15-17-19-21-23-25-27-30-50-44-34-42(40-48)36-46(38-44)52-32-29-33-53-47-37-43(41-49)35-45(39-47)51-31-28-26-24-22-20-18-16-14-12-10-8-6-4-2/h34-39H,3-33H2,1-2H3. The first-order valence-corrected chi connectivity index (χ1v) is 21.8. The highest BCUT2D eigenvalue weighted by Crippen LogP contribution is 2.25. The van der Waals surface area contributed by atoms with E-state index in [0.717, 1.165) is 12.8 Å². The molecule has 2 aromatic carbocycles. The predicted molar refractivity (Wildman–Crippen MR) is 220 cm³/mol. The summed E-state index contributed by atoms with van der Waals surface area (Å²) in [5, 5.41) is 19.1. The number of hydrogen-bond donors (Lipinski definition) is 0. The van der Waals surface area contributed by atoms with Gasteiger partial charge in [-0.05, 0) is 37.1 Å². The van der Waals surface area contributed by atoms with E-state index in [2.05, 4.69) is 26.0 Å². The topological polar surface area (TPSA) is 84.5 Å². The summed E-state index contributed by atoms with van der Waals surface area (Å²) in [6.07, 6.45) is 35.0. The molecule has 0 unspecified atom stereocenters. The van der Waals surface area contributed by atoms with Crippen molar-refractivity contribution in [3.05, 3.63) is 47.5 Å². The summed E-state index contributed by atoms with van der Waals surface area (Å²) in [5.74, 6) is 2.60. The third-order valence-corrected chi connectivity index (χ3v) is 9.88. The van der Waals surface area contributed by atoms with Crippen LogP contribution in [-0.2, 0) is 0 Å². The molecule has 0 heterocycles. The van der Waals surface area contributed by atoms with E-state index in [9.17, 15) is 10.5 Å². The van der Waals surface area contributed by atoms with Gasteiger partial charge in [0.2, 0.25) is 0 Å². The molecule has 0 amide bonds. The van der Waals surface area contributed by atoms with Crippen molar-refractivity contribution in [1.29, 1.82) is 10.5 Å². The fraction of sp³-hybridized carbons (Fsp3) is 0.702. The summed E-state index contributed by atoms with van der Waals surface area (Å²) < 4.78 is 23.9. The SMILES string of the molecule is CCCCCCCCCCCCCCCOc1cc(C#N)cc(OCCCOc2cc(C#N)cc(OCCCCCCCCCCCCCCC)c2)c1. The molecule has 296 valence electrons. The van der Waals surface area contributed by atoms with Gasteiger partial charge in [0.1, 0.15) is 23.0 Å². The predicted octanol–water partition coefficient (Wildman–Crippen LogP) is 14.2. The number of rotatable bonds is 36. The molecule has 0 saturated heterocycles. The molecule has 0 aliphatic carbocycles. The lowest BCUT2D eigenvalue weighted by Gasteiger charge is -2.12. The van der Waals surface area contributed by atoms with Gasteiger partial charge in [0.25, 0.3) is 0 Å². The molecule has 0 radical (unpaired) electrons. The molecule has 6 nitrogen and oxygen atoms in total. The summed E-state index contributed by atoms with van der Waals surface area (Å²) in [6.45, 7) is 6.71. The molecule has 53 heavy (non-hydrogen) atoms. The van der Waals surface area contributed by atoms with Crippen LogP contribution in [-0.4, -0.2) is 26.4 Å². The Bertz CT molecular complexity index is 1150. The summed E-state index contributed by atoms with van der Waals surface area (Å²) in [5.41, 5.74) is 1.05. The summed E-state index contributed by atoms with van der Waals surface area (Å²) in [6, 6.07) is 15.2. The van der Waals surface area contributed by atoms with E-state index in [0.29, 0.717) is 67.0 Å². The first-order valence-electron chi connectivity index (χ1n) is 21.8. The quantitative estimate of drug-likeness (QED) is 0.0649. The van der Waals surface area contributed by atoms with Gasteiger partial charge in [-0.2, -0.15) is 10.5 Å². The van der Waals surface area contributed by atoms with Gasteiger partial charge in [-0.3, -0.25) is 0 Å². The van der Waals surface area contributed by atoms with E-state index in [1.807, 2.05) is 12.1 Å². The largest absolute Gasteiger partial charge is 0.493 e. The van der Waals surface area contributed by atoms with Crippen molar-refractivity contribution in [2.75, 3.05) is 26.4 Å². The Balaban J connectivity index is 1.56. The van der Waals surface area contributed by atoms with Crippen molar-refractivity contribution in [1.82, 2.24) is 0 Å². The lowest BCUT2D eigenvalue weighted by atomic mass is 10.0. The van der Waals surface area contributed by atoms with E-state index in [1.54, 1.807) is 24.3 Å². The Kier molecular flexibility index (Phi) is 28.7. The first-order chi connectivity index (χ1) is 26.2. The second-order valence-electron chi connectivity index (χ2n) is 14.8. The van der Waals surface area contributed by atoms with Gasteiger partial charge in [-0.15, -0.1) is 0 Å². The van der Waals surface area contributed by atoms with Crippen molar-refractivity contribution in [2.24, 2.45) is 0 Å². The third kappa shape index (κ3) is 25.3. The zero-order valence-corrected chi connectivity index (χ0v) is 33.9. The van der Waals surface area contributed by atoms with Gasteiger partial charge < -0.3 is 18.9 Å². The van der Waals surface area contributed by atoms with E-state index >= 15 is 0 Å². The fourth-order valence-electron chi connectivity index (χ4n) is 6.66. The van der Waals surface area contributed by atoms with Crippen molar-refractivity contribution in [2.45, 2.75) is 187 Å². The Morgan fingerprint density at radius 2 is 0.547 bits per heavy atom. The number of unbranched alkanes of at least 4 members (excludes halogenated alkanes) is 24. The second-order valence-corrected chi connectivity index (χ2v) is 14.8. The van der Waals surface area contributed by atoms with Crippen LogP contribution in [0, 0.1) is 22.7 Å². The van der Waals surface area contributed by atoms with Crippen molar-refractivity contribution in [3.63, 3.8) is 0 Å². The van der Waals surface area contributed by atoms with E-state index < -0.39 is 0 Å². The normalized spacial score (nSPS) is 10.9. The zero-order valence-electron chi connectivity index (χ0n) is 33.9.